The Morgan fingerprint density at radius 3 is 2.70 bits per heavy atom. The van der Waals surface area contributed by atoms with Gasteiger partial charge in [-0.15, -0.1) is 0 Å². The van der Waals surface area contributed by atoms with Gasteiger partial charge in [0.2, 0.25) is 0 Å². The maximum Gasteiger partial charge on any atom is 0.120 e. The molecule has 0 radical (unpaired) electrons. The quantitative estimate of drug-likeness (QED) is 0.862. The van der Waals surface area contributed by atoms with Gasteiger partial charge >= 0.3 is 0 Å². The minimum Gasteiger partial charge on any atom is -0.463 e. The summed E-state index contributed by atoms with van der Waals surface area (Å²) in [6, 6.07) is 2.70. The highest BCUT2D eigenvalue weighted by molar-refractivity contribution is 5.20. The summed E-state index contributed by atoms with van der Waals surface area (Å²) in [6.45, 7) is 15.4. The van der Waals surface area contributed by atoms with Crippen LogP contribution in [0.25, 0.3) is 0 Å². The van der Waals surface area contributed by atoms with Gasteiger partial charge in [0.1, 0.15) is 11.5 Å². The van der Waals surface area contributed by atoms with E-state index in [1.54, 1.807) is 0 Å². The lowest BCUT2D eigenvalue weighted by Gasteiger charge is -2.16. The van der Waals surface area contributed by atoms with Crippen molar-refractivity contribution in [2.45, 2.75) is 60.2 Å². The van der Waals surface area contributed by atoms with Crippen molar-refractivity contribution >= 4 is 0 Å². The van der Waals surface area contributed by atoms with E-state index >= 15 is 0 Å². The number of aryl methyl sites for hydroxylation is 1. The Labute approximate surface area is 123 Å². The van der Waals surface area contributed by atoms with Crippen LogP contribution in [0.2, 0.25) is 0 Å². The standard InChI is InChI=1S/C17H30N2O/c1-12(2)15-6-7-19(10-15)11-16-8-14(5)17(20-16)9-18-13(3)4/h8,12-13,15,18H,6-7,9-11H2,1-5H3. The highest BCUT2D eigenvalue weighted by atomic mass is 16.3. The molecule has 1 atom stereocenters. The van der Waals surface area contributed by atoms with Crippen LogP contribution in [0, 0.1) is 18.8 Å². The molecule has 1 aliphatic rings. The van der Waals surface area contributed by atoms with Gasteiger partial charge in [-0.3, -0.25) is 4.90 Å². The lowest BCUT2D eigenvalue weighted by Crippen LogP contribution is -2.22. The average Bonchev–Trinajstić information content (AvgIpc) is 2.94. The van der Waals surface area contributed by atoms with Gasteiger partial charge in [0.05, 0.1) is 13.1 Å². The van der Waals surface area contributed by atoms with Crippen molar-refractivity contribution in [2.24, 2.45) is 11.8 Å². The fraction of sp³-hybridized carbons (Fsp3) is 0.765. The summed E-state index contributed by atoms with van der Waals surface area (Å²) in [7, 11) is 0. The smallest absolute Gasteiger partial charge is 0.120 e. The first-order valence-electron chi connectivity index (χ1n) is 7.99. The molecule has 1 fully saturated rings. The lowest BCUT2D eigenvalue weighted by atomic mass is 9.95. The Morgan fingerprint density at radius 2 is 2.10 bits per heavy atom. The van der Waals surface area contributed by atoms with Crippen molar-refractivity contribution in [3.8, 4) is 0 Å². The Kier molecular flexibility index (Phi) is 5.28. The minimum atomic E-state index is 0.494. The van der Waals surface area contributed by atoms with Gasteiger partial charge in [-0.2, -0.15) is 0 Å². The number of hydrogen-bond donors (Lipinski definition) is 1. The van der Waals surface area contributed by atoms with Gasteiger partial charge < -0.3 is 9.73 Å². The summed E-state index contributed by atoms with van der Waals surface area (Å²) in [4.78, 5) is 2.53. The molecule has 20 heavy (non-hydrogen) atoms. The Morgan fingerprint density at radius 1 is 1.35 bits per heavy atom. The van der Waals surface area contributed by atoms with Crippen LogP contribution in [0.4, 0.5) is 0 Å². The van der Waals surface area contributed by atoms with Crippen LogP contribution >= 0.6 is 0 Å². The normalized spacial score (nSPS) is 20.4. The first kappa shape index (κ1) is 15.6. The number of likely N-dealkylation sites (tertiary alicyclic amines) is 1. The molecule has 1 aromatic rings. The van der Waals surface area contributed by atoms with Gasteiger partial charge in [-0.05, 0) is 43.4 Å². The molecule has 1 N–H and O–H groups in total. The van der Waals surface area contributed by atoms with Crippen LogP contribution in [0.15, 0.2) is 10.5 Å². The van der Waals surface area contributed by atoms with Crippen molar-refractivity contribution in [1.82, 2.24) is 10.2 Å². The third kappa shape index (κ3) is 4.10. The summed E-state index contributed by atoms with van der Waals surface area (Å²) in [5.41, 5.74) is 1.27. The summed E-state index contributed by atoms with van der Waals surface area (Å²) in [6.07, 6.45) is 1.33. The first-order chi connectivity index (χ1) is 9.45. The lowest BCUT2D eigenvalue weighted by molar-refractivity contribution is 0.269. The molecular formula is C17H30N2O. The summed E-state index contributed by atoms with van der Waals surface area (Å²) in [5.74, 6) is 3.86. The van der Waals surface area contributed by atoms with Gasteiger partial charge in [0, 0.05) is 12.6 Å². The van der Waals surface area contributed by atoms with Crippen molar-refractivity contribution < 1.29 is 4.42 Å². The first-order valence-corrected chi connectivity index (χ1v) is 7.99. The van der Waals surface area contributed by atoms with Crippen LogP contribution in [0.5, 0.6) is 0 Å². The van der Waals surface area contributed by atoms with E-state index in [1.165, 1.54) is 25.1 Å². The molecule has 1 aromatic heterocycles. The van der Waals surface area contributed by atoms with Gasteiger partial charge in [0.15, 0.2) is 0 Å². The van der Waals surface area contributed by atoms with Crippen molar-refractivity contribution in [1.29, 1.82) is 0 Å². The molecule has 0 aliphatic carbocycles. The number of rotatable bonds is 6. The molecular weight excluding hydrogens is 248 g/mol. The van der Waals surface area contributed by atoms with Crippen LogP contribution in [-0.2, 0) is 13.1 Å². The summed E-state index contributed by atoms with van der Waals surface area (Å²) in [5, 5.41) is 3.42. The van der Waals surface area contributed by atoms with E-state index in [-0.39, 0.29) is 0 Å². The van der Waals surface area contributed by atoms with E-state index in [1.807, 2.05) is 0 Å². The zero-order valence-corrected chi connectivity index (χ0v) is 13.7. The van der Waals surface area contributed by atoms with E-state index in [0.717, 1.165) is 36.4 Å². The van der Waals surface area contributed by atoms with E-state index in [0.29, 0.717) is 6.04 Å². The van der Waals surface area contributed by atoms with E-state index < -0.39 is 0 Å². The Bertz CT molecular complexity index is 423. The molecule has 1 unspecified atom stereocenters. The largest absolute Gasteiger partial charge is 0.463 e. The zero-order chi connectivity index (χ0) is 14.7. The van der Waals surface area contributed by atoms with Crippen LogP contribution < -0.4 is 5.32 Å². The van der Waals surface area contributed by atoms with Gasteiger partial charge in [0.25, 0.3) is 0 Å². The van der Waals surface area contributed by atoms with Gasteiger partial charge in [-0.25, -0.2) is 0 Å². The summed E-state index contributed by atoms with van der Waals surface area (Å²) < 4.78 is 6.02. The zero-order valence-electron chi connectivity index (χ0n) is 13.7. The second kappa shape index (κ2) is 6.77. The fourth-order valence-electron chi connectivity index (χ4n) is 2.91. The number of nitrogens with one attached hydrogen (secondary N) is 1. The highest BCUT2D eigenvalue weighted by Gasteiger charge is 2.25. The molecule has 0 spiro atoms. The molecule has 3 nitrogen and oxygen atoms in total. The van der Waals surface area contributed by atoms with E-state index in [4.69, 9.17) is 4.42 Å². The summed E-state index contributed by atoms with van der Waals surface area (Å²) >= 11 is 0. The maximum absolute atomic E-state index is 6.02. The van der Waals surface area contributed by atoms with Crippen LogP contribution in [0.3, 0.4) is 0 Å². The molecule has 2 heterocycles. The molecule has 0 amide bonds. The third-order valence-corrected chi connectivity index (χ3v) is 4.37. The number of nitrogens with zero attached hydrogens (tertiary/aromatic N) is 1. The second-order valence-corrected chi connectivity index (χ2v) is 6.88. The van der Waals surface area contributed by atoms with Crippen molar-refractivity contribution in [3.63, 3.8) is 0 Å². The SMILES string of the molecule is Cc1cc(CN2CCC(C(C)C)C2)oc1CNC(C)C. The average molecular weight is 278 g/mol. The molecule has 1 saturated heterocycles. The molecule has 0 saturated carbocycles. The fourth-order valence-corrected chi connectivity index (χ4v) is 2.91. The van der Waals surface area contributed by atoms with Crippen LogP contribution in [-0.4, -0.2) is 24.0 Å². The molecule has 0 aromatic carbocycles. The van der Waals surface area contributed by atoms with Gasteiger partial charge in [-0.1, -0.05) is 27.7 Å². The molecule has 1 aliphatic heterocycles. The predicted octanol–water partition coefficient (Wildman–Crippen LogP) is 3.56. The molecule has 114 valence electrons. The number of hydrogen-bond acceptors (Lipinski definition) is 3. The Hall–Kier alpha value is -0.800. The third-order valence-electron chi connectivity index (χ3n) is 4.37. The van der Waals surface area contributed by atoms with Crippen molar-refractivity contribution in [3.05, 3.63) is 23.2 Å². The highest BCUT2D eigenvalue weighted by Crippen LogP contribution is 2.26. The van der Waals surface area contributed by atoms with Crippen molar-refractivity contribution in [2.75, 3.05) is 13.1 Å². The number of furan rings is 1. The van der Waals surface area contributed by atoms with Crippen LogP contribution in [0.1, 0.15) is 51.2 Å². The minimum absolute atomic E-state index is 0.494. The monoisotopic (exact) mass is 278 g/mol. The maximum atomic E-state index is 6.02. The molecule has 0 bridgehead atoms. The molecule has 3 heteroatoms. The van der Waals surface area contributed by atoms with E-state index in [9.17, 15) is 0 Å². The predicted molar refractivity (Wildman–Crippen MR) is 83.6 cm³/mol. The Balaban J connectivity index is 1.89. The molecule has 2 rings (SSSR count). The topological polar surface area (TPSA) is 28.4 Å². The van der Waals surface area contributed by atoms with E-state index in [2.05, 4.69) is 50.9 Å². The second-order valence-electron chi connectivity index (χ2n) is 6.88.